The Morgan fingerprint density at radius 3 is 2.55 bits per heavy atom. The number of nitrogens with zero attached hydrogens (tertiary/aromatic N) is 2. The highest BCUT2D eigenvalue weighted by atomic mass is 32.2. The molecule has 0 unspecified atom stereocenters. The summed E-state index contributed by atoms with van der Waals surface area (Å²) in [6.45, 7) is 0. The number of hydrazine groups is 1. The number of aromatic nitrogens is 2. The fourth-order valence-corrected chi connectivity index (χ4v) is 2.79. The first kappa shape index (κ1) is 15.5. The largest absolute Gasteiger partial charge is 0.507 e. The van der Waals surface area contributed by atoms with E-state index in [-0.39, 0.29) is 9.90 Å². The van der Waals surface area contributed by atoms with Crippen molar-refractivity contribution in [3.8, 4) is 5.75 Å². The van der Waals surface area contributed by atoms with Crippen molar-refractivity contribution in [2.75, 3.05) is 5.43 Å². The molecule has 0 aliphatic rings. The van der Waals surface area contributed by atoms with Crippen molar-refractivity contribution in [3.05, 3.63) is 46.2 Å². The number of nitrogen functional groups attached to an aromatic ring is 1. The number of aromatic hydroxyl groups is 1. The van der Waals surface area contributed by atoms with Gasteiger partial charge in [0, 0.05) is 6.07 Å². The van der Waals surface area contributed by atoms with Gasteiger partial charge in [-0.25, -0.2) is 10.6 Å². The molecule has 0 atom stereocenters. The Morgan fingerprint density at radius 2 is 1.95 bits per heavy atom. The quantitative estimate of drug-likeness (QED) is 0.414. The predicted octanol–water partition coefficient (Wildman–Crippen LogP) is -0.830. The minimum atomic E-state index is -4.45. The lowest BCUT2D eigenvalue weighted by molar-refractivity contribution is 0.0693. The van der Waals surface area contributed by atoms with Crippen LogP contribution in [-0.2, 0) is 10.0 Å². The lowest BCUT2D eigenvalue weighted by atomic mass is 10.2. The molecule has 116 valence electrons. The molecule has 22 heavy (non-hydrogen) atoms. The summed E-state index contributed by atoms with van der Waals surface area (Å²) >= 11 is 0. The molecule has 1 aromatic carbocycles. The van der Waals surface area contributed by atoms with Crippen molar-refractivity contribution >= 4 is 21.8 Å². The van der Waals surface area contributed by atoms with Gasteiger partial charge in [0.1, 0.15) is 11.3 Å². The normalized spacial score (nSPS) is 11.1. The Labute approximate surface area is 123 Å². The highest BCUT2D eigenvalue weighted by Crippen LogP contribution is 2.22. The second kappa shape index (κ2) is 5.46. The van der Waals surface area contributed by atoms with Crippen LogP contribution in [0.1, 0.15) is 10.4 Å². The molecule has 5 N–H and O–H groups in total. The van der Waals surface area contributed by atoms with Crippen molar-refractivity contribution in [1.29, 1.82) is 0 Å². The number of hydrogen-bond acceptors (Lipinski definition) is 8. The summed E-state index contributed by atoms with van der Waals surface area (Å²) < 4.78 is 24.9. The van der Waals surface area contributed by atoms with Crippen molar-refractivity contribution < 1.29 is 23.4 Å². The third-order valence-corrected chi connectivity index (χ3v) is 4.21. The SMILES string of the molecule is NNc1ccc(=O)n(S(=O)(=O)c2ccc(O)c(C(=O)O)c2)n1. The van der Waals surface area contributed by atoms with E-state index in [4.69, 9.17) is 10.9 Å². The van der Waals surface area contributed by atoms with E-state index in [1.54, 1.807) is 0 Å². The Bertz CT molecular complexity index is 905. The highest BCUT2D eigenvalue weighted by molar-refractivity contribution is 7.89. The summed E-state index contributed by atoms with van der Waals surface area (Å²) in [5.41, 5.74) is 0.510. The van der Waals surface area contributed by atoms with Gasteiger partial charge in [0.05, 0.1) is 4.90 Å². The molecule has 0 radical (unpaired) electrons. The van der Waals surface area contributed by atoms with Crippen LogP contribution >= 0.6 is 0 Å². The average molecular weight is 326 g/mol. The van der Waals surface area contributed by atoms with Crippen molar-refractivity contribution in [3.63, 3.8) is 0 Å². The molecule has 10 nitrogen and oxygen atoms in total. The third kappa shape index (κ3) is 2.62. The number of rotatable bonds is 4. The highest BCUT2D eigenvalue weighted by Gasteiger charge is 2.23. The number of nitrogens with two attached hydrogens (primary N) is 1. The van der Waals surface area contributed by atoms with Crippen LogP contribution in [0.25, 0.3) is 0 Å². The van der Waals surface area contributed by atoms with Gasteiger partial charge < -0.3 is 15.6 Å². The van der Waals surface area contributed by atoms with Gasteiger partial charge in [-0.05, 0) is 24.3 Å². The molecule has 11 heteroatoms. The Kier molecular flexibility index (Phi) is 3.84. The molecule has 0 amide bonds. The summed E-state index contributed by atoms with van der Waals surface area (Å²) in [5.74, 6) is 2.89. The summed E-state index contributed by atoms with van der Waals surface area (Å²) in [6.07, 6.45) is 0. The van der Waals surface area contributed by atoms with Crippen LogP contribution in [0.15, 0.2) is 40.0 Å². The van der Waals surface area contributed by atoms with Gasteiger partial charge >= 0.3 is 5.97 Å². The lowest BCUT2D eigenvalue weighted by Crippen LogP contribution is -2.30. The van der Waals surface area contributed by atoms with Gasteiger partial charge in [-0.2, -0.15) is 8.42 Å². The van der Waals surface area contributed by atoms with Gasteiger partial charge in [0.2, 0.25) is 0 Å². The molecule has 0 aliphatic heterocycles. The number of carbonyl (C=O) groups is 1. The number of anilines is 1. The van der Waals surface area contributed by atoms with E-state index in [1.165, 1.54) is 6.07 Å². The fraction of sp³-hybridized carbons (Fsp3) is 0. The summed E-state index contributed by atoms with van der Waals surface area (Å²) in [7, 11) is -4.45. The molecule has 0 bridgehead atoms. The van der Waals surface area contributed by atoms with E-state index in [9.17, 15) is 23.1 Å². The van der Waals surface area contributed by atoms with Gasteiger partial charge in [0.25, 0.3) is 15.6 Å². The number of aromatic carboxylic acids is 1. The van der Waals surface area contributed by atoms with Crippen LogP contribution in [-0.4, -0.2) is 33.8 Å². The van der Waals surface area contributed by atoms with Gasteiger partial charge in [0.15, 0.2) is 5.82 Å². The Hall–Kier alpha value is -2.92. The van der Waals surface area contributed by atoms with E-state index in [0.29, 0.717) is 0 Å². The van der Waals surface area contributed by atoms with Crippen LogP contribution in [0.4, 0.5) is 5.82 Å². The van der Waals surface area contributed by atoms with Crippen molar-refractivity contribution in [1.82, 2.24) is 9.19 Å². The molecule has 0 saturated heterocycles. The lowest BCUT2D eigenvalue weighted by Gasteiger charge is -2.09. The minimum absolute atomic E-state index is 0.0830. The molecule has 0 aliphatic carbocycles. The maximum absolute atomic E-state index is 12.4. The minimum Gasteiger partial charge on any atom is -0.507 e. The molecular weight excluding hydrogens is 316 g/mol. The average Bonchev–Trinajstić information content (AvgIpc) is 2.47. The molecule has 0 saturated carbocycles. The molecule has 1 aromatic heterocycles. The van der Waals surface area contributed by atoms with E-state index in [1.807, 2.05) is 0 Å². The van der Waals surface area contributed by atoms with Crippen LogP contribution in [0.2, 0.25) is 0 Å². The molecule has 0 fully saturated rings. The van der Waals surface area contributed by atoms with E-state index >= 15 is 0 Å². The first-order valence-electron chi connectivity index (χ1n) is 5.66. The number of nitrogens with one attached hydrogen (secondary N) is 1. The topological polar surface area (TPSA) is 165 Å². The van der Waals surface area contributed by atoms with E-state index < -0.39 is 37.8 Å². The standard InChI is InChI=1S/C11H10N4O6S/c12-13-9-3-4-10(17)15(14-9)22(20,21)6-1-2-8(16)7(5-6)11(18)19/h1-5,16H,12H2,(H,13,14)(H,18,19). The first-order chi connectivity index (χ1) is 10.3. The van der Waals surface area contributed by atoms with Gasteiger partial charge in [-0.1, -0.05) is 0 Å². The third-order valence-electron chi connectivity index (χ3n) is 2.64. The Balaban J connectivity index is 2.68. The molecular formula is C11H10N4O6S. The number of phenols is 1. The molecule has 2 rings (SSSR count). The number of carboxylic acid groups (broad SMARTS) is 1. The van der Waals surface area contributed by atoms with Gasteiger partial charge in [-0.15, -0.1) is 9.19 Å². The smallest absolute Gasteiger partial charge is 0.339 e. The first-order valence-corrected chi connectivity index (χ1v) is 7.10. The van der Waals surface area contributed by atoms with Crippen LogP contribution < -0.4 is 16.8 Å². The van der Waals surface area contributed by atoms with E-state index in [0.717, 1.165) is 24.3 Å². The summed E-state index contributed by atoms with van der Waals surface area (Å²) in [6, 6.07) is 4.68. The maximum Gasteiger partial charge on any atom is 0.339 e. The molecule has 0 spiro atoms. The number of benzene rings is 1. The monoisotopic (exact) mass is 326 g/mol. The predicted molar refractivity (Wildman–Crippen MR) is 74.0 cm³/mol. The second-order valence-corrected chi connectivity index (χ2v) is 5.80. The van der Waals surface area contributed by atoms with Crippen LogP contribution in [0, 0.1) is 0 Å². The number of carboxylic acids is 1. The zero-order valence-corrected chi connectivity index (χ0v) is 11.6. The molecule has 1 heterocycles. The summed E-state index contributed by atoms with van der Waals surface area (Å²) in [4.78, 5) is 22.1. The van der Waals surface area contributed by atoms with Crippen molar-refractivity contribution in [2.45, 2.75) is 4.90 Å². The maximum atomic E-state index is 12.4. The zero-order chi connectivity index (χ0) is 16.5. The second-order valence-electron chi connectivity index (χ2n) is 4.03. The number of hydrogen-bond donors (Lipinski definition) is 4. The van der Waals surface area contributed by atoms with Crippen LogP contribution in [0.3, 0.4) is 0 Å². The fourth-order valence-electron chi connectivity index (χ4n) is 1.59. The van der Waals surface area contributed by atoms with E-state index in [2.05, 4.69) is 10.5 Å². The van der Waals surface area contributed by atoms with Crippen LogP contribution in [0.5, 0.6) is 5.75 Å². The summed E-state index contributed by atoms with van der Waals surface area (Å²) in [5, 5.41) is 21.8. The zero-order valence-electron chi connectivity index (χ0n) is 10.8. The van der Waals surface area contributed by atoms with Crippen molar-refractivity contribution in [2.24, 2.45) is 5.84 Å². The molecule has 2 aromatic rings. The van der Waals surface area contributed by atoms with Gasteiger partial charge in [-0.3, -0.25) is 4.79 Å². The Morgan fingerprint density at radius 1 is 1.27 bits per heavy atom.